The standard InChI is InChI=1S/C14H26N2O2/c17-14(6-5-12-7-8-15-11-12)16-9-10-18-13-3-1-2-4-13/h12-13,15H,1-11H2,(H,16,17). The molecule has 1 aliphatic carbocycles. The fourth-order valence-corrected chi connectivity index (χ4v) is 2.86. The molecule has 0 radical (unpaired) electrons. The van der Waals surface area contributed by atoms with Gasteiger partial charge in [0.1, 0.15) is 0 Å². The van der Waals surface area contributed by atoms with Crippen molar-refractivity contribution in [2.45, 2.75) is 51.0 Å². The van der Waals surface area contributed by atoms with Crippen LogP contribution in [-0.2, 0) is 9.53 Å². The molecule has 1 saturated heterocycles. The van der Waals surface area contributed by atoms with E-state index >= 15 is 0 Å². The second-order valence-electron chi connectivity index (χ2n) is 5.52. The van der Waals surface area contributed by atoms with Crippen molar-refractivity contribution in [1.82, 2.24) is 10.6 Å². The van der Waals surface area contributed by atoms with Crippen molar-refractivity contribution < 1.29 is 9.53 Å². The predicted molar refractivity (Wildman–Crippen MR) is 71.4 cm³/mol. The molecular weight excluding hydrogens is 228 g/mol. The molecule has 1 saturated carbocycles. The molecule has 0 spiro atoms. The van der Waals surface area contributed by atoms with Crippen molar-refractivity contribution in [3.05, 3.63) is 0 Å². The molecule has 4 nitrogen and oxygen atoms in total. The fraction of sp³-hybridized carbons (Fsp3) is 0.929. The largest absolute Gasteiger partial charge is 0.376 e. The third kappa shape index (κ3) is 4.94. The number of nitrogens with one attached hydrogen (secondary N) is 2. The van der Waals surface area contributed by atoms with Gasteiger partial charge in [-0.05, 0) is 44.7 Å². The van der Waals surface area contributed by atoms with E-state index in [1.165, 1.54) is 32.1 Å². The summed E-state index contributed by atoms with van der Waals surface area (Å²) in [6, 6.07) is 0. The van der Waals surface area contributed by atoms with Gasteiger partial charge in [-0.1, -0.05) is 12.8 Å². The van der Waals surface area contributed by atoms with Gasteiger partial charge in [-0.25, -0.2) is 0 Å². The lowest BCUT2D eigenvalue weighted by Crippen LogP contribution is -2.28. The Morgan fingerprint density at radius 1 is 1.28 bits per heavy atom. The van der Waals surface area contributed by atoms with E-state index in [1.54, 1.807) is 0 Å². The Bertz CT molecular complexity index is 246. The minimum atomic E-state index is 0.178. The summed E-state index contributed by atoms with van der Waals surface area (Å²) in [6.45, 7) is 3.53. The van der Waals surface area contributed by atoms with Crippen molar-refractivity contribution in [2.75, 3.05) is 26.2 Å². The Labute approximate surface area is 110 Å². The van der Waals surface area contributed by atoms with Gasteiger partial charge in [-0.15, -0.1) is 0 Å². The van der Waals surface area contributed by atoms with Crippen LogP contribution in [-0.4, -0.2) is 38.3 Å². The highest BCUT2D eigenvalue weighted by molar-refractivity contribution is 5.75. The molecule has 1 aliphatic heterocycles. The van der Waals surface area contributed by atoms with Gasteiger partial charge < -0.3 is 15.4 Å². The third-order valence-corrected chi connectivity index (χ3v) is 4.02. The summed E-state index contributed by atoms with van der Waals surface area (Å²) in [5, 5.41) is 6.27. The van der Waals surface area contributed by atoms with E-state index < -0.39 is 0 Å². The second kappa shape index (κ2) is 7.74. The third-order valence-electron chi connectivity index (χ3n) is 4.02. The minimum absolute atomic E-state index is 0.178. The molecule has 0 aromatic carbocycles. The van der Waals surface area contributed by atoms with Gasteiger partial charge in [0, 0.05) is 13.0 Å². The highest BCUT2D eigenvalue weighted by Gasteiger charge is 2.16. The molecule has 1 amide bonds. The zero-order valence-corrected chi connectivity index (χ0v) is 11.2. The average molecular weight is 254 g/mol. The van der Waals surface area contributed by atoms with Crippen molar-refractivity contribution in [2.24, 2.45) is 5.92 Å². The van der Waals surface area contributed by atoms with Crippen LogP contribution in [0.3, 0.4) is 0 Å². The van der Waals surface area contributed by atoms with Crippen LogP contribution in [0.1, 0.15) is 44.9 Å². The van der Waals surface area contributed by atoms with Crippen LogP contribution in [0.4, 0.5) is 0 Å². The monoisotopic (exact) mass is 254 g/mol. The first-order valence-electron chi connectivity index (χ1n) is 7.43. The summed E-state index contributed by atoms with van der Waals surface area (Å²) < 4.78 is 5.71. The molecule has 2 fully saturated rings. The summed E-state index contributed by atoms with van der Waals surface area (Å²) >= 11 is 0. The number of amides is 1. The lowest BCUT2D eigenvalue weighted by atomic mass is 10.0. The Morgan fingerprint density at radius 3 is 2.83 bits per heavy atom. The predicted octanol–water partition coefficient (Wildman–Crippen LogP) is 1.45. The number of ether oxygens (including phenoxy) is 1. The summed E-state index contributed by atoms with van der Waals surface area (Å²) in [5.41, 5.74) is 0. The smallest absolute Gasteiger partial charge is 0.220 e. The first-order chi connectivity index (χ1) is 8.84. The number of rotatable bonds is 7. The number of hydrogen-bond donors (Lipinski definition) is 2. The molecule has 104 valence electrons. The summed E-state index contributed by atoms with van der Waals surface area (Å²) in [7, 11) is 0. The van der Waals surface area contributed by atoms with Crippen LogP contribution in [0, 0.1) is 5.92 Å². The first kappa shape index (κ1) is 13.8. The molecule has 2 rings (SSSR count). The van der Waals surface area contributed by atoms with E-state index in [2.05, 4.69) is 10.6 Å². The highest BCUT2D eigenvalue weighted by atomic mass is 16.5. The van der Waals surface area contributed by atoms with E-state index in [9.17, 15) is 4.79 Å². The van der Waals surface area contributed by atoms with Crippen LogP contribution in [0.25, 0.3) is 0 Å². The first-order valence-corrected chi connectivity index (χ1v) is 7.43. The molecule has 1 atom stereocenters. The Kier molecular flexibility index (Phi) is 5.94. The molecule has 0 bridgehead atoms. The quantitative estimate of drug-likeness (QED) is 0.676. The minimum Gasteiger partial charge on any atom is -0.376 e. The van der Waals surface area contributed by atoms with Gasteiger partial charge in [0.25, 0.3) is 0 Å². The molecule has 1 unspecified atom stereocenters. The van der Waals surface area contributed by atoms with Gasteiger partial charge >= 0.3 is 0 Å². The average Bonchev–Trinajstić information content (AvgIpc) is 3.04. The van der Waals surface area contributed by atoms with Crippen LogP contribution in [0.15, 0.2) is 0 Å². The maximum atomic E-state index is 11.6. The Balaban J connectivity index is 1.44. The maximum Gasteiger partial charge on any atom is 0.220 e. The highest BCUT2D eigenvalue weighted by Crippen LogP contribution is 2.20. The topological polar surface area (TPSA) is 50.4 Å². The second-order valence-corrected chi connectivity index (χ2v) is 5.52. The van der Waals surface area contributed by atoms with E-state index in [0.717, 1.165) is 19.5 Å². The zero-order chi connectivity index (χ0) is 12.6. The zero-order valence-electron chi connectivity index (χ0n) is 11.2. The molecule has 4 heteroatoms. The van der Waals surface area contributed by atoms with Gasteiger partial charge in [-0.3, -0.25) is 4.79 Å². The lowest BCUT2D eigenvalue weighted by Gasteiger charge is -2.12. The van der Waals surface area contributed by atoms with E-state index in [4.69, 9.17) is 4.74 Å². The van der Waals surface area contributed by atoms with Crippen molar-refractivity contribution in [1.29, 1.82) is 0 Å². The van der Waals surface area contributed by atoms with Gasteiger partial charge in [-0.2, -0.15) is 0 Å². The van der Waals surface area contributed by atoms with Crippen molar-refractivity contribution >= 4 is 5.91 Å². The van der Waals surface area contributed by atoms with Crippen molar-refractivity contribution in [3.63, 3.8) is 0 Å². The summed E-state index contributed by atoms with van der Waals surface area (Å²) in [5.74, 6) is 0.877. The Hall–Kier alpha value is -0.610. The van der Waals surface area contributed by atoms with Crippen molar-refractivity contribution in [3.8, 4) is 0 Å². The van der Waals surface area contributed by atoms with Gasteiger partial charge in [0.15, 0.2) is 0 Å². The number of carbonyl (C=O) groups excluding carboxylic acids is 1. The molecular formula is C14H26N2O2. The molecule has 2 aliphatic rings. The maximum absolute atomic E-state index is 11.6. The normalized spacial score (nSPS) is 24.6. The summed E-state index contributed by atoms with van der Waals surface area (Å²) in [4.78, 5) is 11.6. The molecule has 0 aromatic heterocycles. The van der Waals surface area contributed by atoms with Crippen LogP contribution in [0.5, 0.6) is 0 Å². The van der Waals surface area contributed by atoms with E-state index in [0.29, 0.717) is 31.6 Å². The lowest BCUT2D eigenvalue weighted by molar-refractivity contribution is -0.121. The van der Waals surface area contributed by atoms with Crippen LogP contribution in [0.2, 0.25) is 0 Å². The van der Waals surface area contributed by atoms with Crippen LogP contribution < -0.4 is 10.6 Å². The molecule has 1 heterocycles. The summed E-state index contributed by atoms with van der Waals surface area (Å²) in [6.07, 6.45) is 8.34. The molecule has 2 N–H and O–H groups in total. The van der Waals surface area contributed by atoms with E-state index in [-0.39, 0.29) is 5.91 Å². The number of hydrogen-bond acceptors (Lipinski definition) is 3. The fourth-order valence-electron chi connectivity index (χ4n) is 2.86. The van der Waals surface area contributed by atoms with Crippen LogP contribution >= 0.6 is 0 Å². The van der Waals surface area contributed by atoms with Gasteiger partial charge in [0.05, 0.1) is 12.7 Å². The van der Waals surface area contributed by atoms with E-state index in [1.807, 2.05) is 0 Å². The molecule has 18 heavy (non-hydrogen) atoms. The van der Waals surface area contributed by atoms with Gasteiger partial charge in [0.2, 0.25) is 5.91 Å². The SMILES string of the molecule is O=C(CCC1CCNC1)NCCOC1CCCC1. The molecule has 0 aromatic rings. The number of carbonyl (C=O) groups is 1. The Morgan fingerprint density at radius 2 is 2.11 bits per heavy atom.